The van der Waals surface area contributed by atoms with Crippen molar-refractivity contribution in [2.45, 2.75) is 52.6 Å². The first kappa shape index (κ1) is 15.0. The standard InChI is InChI=1S/C16H27NO/c1-5-11-17-12-14(6-2)18-16-10-8-7-9-15(16)13(3)4/h7-10,13-14,17H,5-6,11-12H2,1-4H3. The number of ether oxygens (including phenoxy) is 1. The van der Waals surface area contributed by atoms with E-state index < -0.39 is 0 Å². The van der Waals surface area contributed by atoms with E-state index >= 15 is 0 Å². The molecule has 0 aromatic heterocycles. The van der Waals surface area contributed by atoms with E-state index in [-0.39, 0.29) is 6.10 Å². The van der Waals surface area contributed by atoms with Gasteiger partial charge in [-0.1, -0.05) is 45.9 Å². The highest BCUT2D eigenvalue weighted by Gasteiger charge is 2.12. The Labute approximate surface area is 112 Å². The largest absolute Gasteiger partial charge is 0.489 e. The van der Waals surface area contributed by atoms with Crippen molar-refractivity contribution >= 4 is 0 Å². The Hall–Kier alpha value is -1.02. The molecule has 0 aliphatic carbocycles. The molecule has 0 radical (unpaired) electrons. The van der Waals surface area contributed by atoms with Crippen molar-refractivity contribution in [3.63, 3.8) is 0 Å². The van der Waals surface area contributed by atoms with Crippen LogP contribution >= 0.6 is 0 Å². The zero-order valence-corrected chi connectivity index (χ0v) is 12.2. The highest BCUT2D eigenvalue weighted by atomic mass is 16.5. The average Bonchev–Trinajstić information content (AvgIpc) is 2.38. The van der Waals surface area contributed by atoms with E-state index in [1.165, 1.54) is 12.0 Å². The van der Waals surface area contributed by atoms with Crippen LogP contribution in [0.1, 0.15) is 52.0 Å². The first-order chi connectivity index (χ1) is 8.69. The molecule has 0 saturated carbocycles. The van der Waals surface area contributed by atoms with Crippen LogP contribution in [0.5, 0.6) is 5.75 Å². The molecule has 0 amide bonds. The molecule has 0 heterocycles. The van der Waals surface area contributed by atoms with Crippen molar-refractivity contribution in [2.75, 3.05) is 13.1 Å². The van der Waals surface area contributed by atoms with Gasteiger partial charge in [-0.3, -0.25) is 0 Å². The third kappa shape index (κ3) is 4.69. The highest BCUT2D eigenvalue weighted by molar-refractivity contribution is 5.35. The van der Waals surface area contributed by atoms with Gasteiger partial charge in [-0.15, -0.1) is 0 Å². The molecule has 1 N–H and O–H groups in total. The van der Waals surface area contributed by atoms with Crippen LogP contribution in [0.3, 0.4) is 0 Å². The molecule has 1 aromatic rings. The fraction of sp³-hybridized carbons (Fsp3) is 0.625. The van der Waals surface area contributed by atoms with E-state index in [1.807, 2.05) is 6.07 Å². The summed E-state index contributed by atoms with van der Waals surface area (Å²) in [5, 5.41) is 3.43. The summed E-state index contributed by atoms with van der Waals surface area (Å²) < 4.78 is 6.14. The van der Waals surface area contributed by atoms with Crippen molar-refractivity contribution in [2.24, 2.45) is 0 Å². The van der Waals surface area contributed by atoms with Gasteiger partial charge in [0.05, 0.1) is 0 Å². The second-order valence-electron chi connectivity index (χ2n) is 5.04. The molecule has 1 rings (SSSR count). The molecule has 1 aromatic carbocycles. The first-order valence-electron chi connectivity index (χ1n) is 7.15. The van der Waals surface area contributed by atoms with Gasteiger partial charge in [0.15, 0.2) is 0 Å². The first-order valence-corrected chi connectivity index (χ1v) is 7.15. The second-order valence-corrected chi connectivity index (χ2v) is 5.04. The van der Waals surface area contributed by atoms with Gasteiger partial charge in [0.2, 0.25) is 0 Å². The number of hydrogen-bond acceptors (Lipinski definition) is 2. The van der Waals surface area contributed by atoms with Crippen LogP contribution in [0.2, 0.25) is 0 Å². The van der Waals surface area contributed by atoms with Crippen LogP contribution in [0.4, 0.5) is 0 Å². The zero-order chi connectivity index (χ0) is 13.4. The zero-order valence-electron chi connectivity index (χ0n) is 12.2. The van der Waals surface area contributed by atoms with Crippen LogP contribution in [0.25, 0.3) is 0 Å². The average molecular weight is 249 g/mol. The lowest BCUT2D eigenvalue weighted by molar-refractivity contribution is 0.191. The molecule has 1 unspecified atom stereocenters. The molecular weight excluding hydrogens is 222 g/mol. The lowest BCUT2D eigenvalue weighted by Gasteiger charge is -2.21. The number of para-hydroxylation sites is 1. The van der Waals surface area contributed by atoms with Crippen LogP contribution in [-0.2, 0) is 0 Å². The smallest absolute Gasteiger partial charge is 0.123 e. The quantitative estimate of drug-likeness (QED) is 0.704. The van der Waals surface area contributed by atoms with Crippen LogP contribution in [-0.4, -0.2) is 19.2 Å². The van der Waals surface area contributed by atoms with Crippen molar-refractivity contribution in [1.29, 1.82) is 0 Å². The van der Waals surface area contributed by atoms with Crippen molar-refractivity contribution in [1.82, 2.24) is 5.32 Å². The van der Waals surface area contributed by atoms with Gasteiger partial charge < -0.3 is 10.1 Å². The SMILES string of the molecule is CCCNCC(CC)Oc1ccccc1C(C)C. The Morgan fingerprint density at radius 3 is 2.50 bits per heavy atom. The van der Waals surface area contributed by atoms with Crippen LogP contribution in [0.15, 0.2) is 24.3 Å². The molecule has 0 spiro atoms. The fourth-order valence-corrected chi connectivity index (χ4v) is 1.95. The summed E-state index contributed by atoms with van der Waals surface area (Å²) in [4.78, 5) is 0. The van der Waals surface area contributed by atoms with Gasteiger partial charge in [0.1, 0.15) is 11.9 Å². The molecule has 0 aliphatic heterocycles. The minimum atomic E-state index is 0.261. The Morgan fingerprint density at radius 1 is 1.17 bits per heavy atom. The normalized spacial score (nSPS) is 12.7. The van der Waals surface area contributed by atoms with Gasteiger partial charge in [0.25, 0.3) is 0 Å². The van der Waals surface area contributed by atoms with Gasteiger partial charge in [-0.2, -0.15) is 0 Å². The van der Waals surface area contributed by atoms with E-state index in [1.54, 1.807) is 0 Å². The number of benzene rings is 1. The predicted octanol–water partition coefficient (Wildman–Crippen LogP) is 3.97. The van der Waals surface area contributed by atoms with Gasteiger partial charge in [0, 0.05) is 6.54 Å². The van der Waals surface area contributed by atoms with E-state index in [0.717, 1.165) is 25.3 Å². The summed E-state index contributed by atoms with van der Waals surface area (Å²) in [5.74, 6) is 1.54. The summed E-state index contributed by atoms with van der Waals surface area (Å²) in [7, 11) is 0. The molecule has 102 valence electrons. The Balaban J connectivity index is 2.63. The summed E-state index contributed by atoms with van der Waals surface area (Å²) in [5.41, 5.74) is 1.30. The Bertz CT molecular complexity index is 336. The predicted molar refractivity (Wildman–Crippen MR) is 78.4 cm³/mol. The van der Waals surface area contributed by atoms with Gasteiger partial charge in [-0.05, 0) is 36.9 Å². The maximum absolute atomic E-state index is 6.14. The molecule has 0 bridgehead atoms. The maximum atomic E-state index is 6.14. The highest BCUT2D eigenvalue weighted by Crippen LogP contribution is 2.26. The van der Waals surface area contributed by atoms with E-state index in [0.29, 0.717) is 5.92 Å². The molecule has 2 heteroatoms. The van der Waals surface area contributed by atoms with E-state index in [9.17, 15) is 0 Å². The minimum Gasteiger partial charge on any atom is -0.489 e. The van der Waals surface area contributed by atoms with Crippen molar-refractivity contribution in [3.8, 4) is 5.75 Å². The summed E-state index contributed by atoms with van der Waals surface area (Å²) >= 11 is 0. The monoisotopic (exact) mass is 249 g/mol. The lowest BCUT2D eigenvalue weighted by Crippen LogP contribution is -2.31. The number of rotatable bonds is 8. The number of nitrogens with one attached hydrogen (secondary N) is 1. The molecule has 0 fully saturated rings. The molecule has 1 atom stereocenters. The Morgan fingerprint density at radius 2 is 1.89 bits per heavy atom. The molecule has 0 saturated heterocycles. The van der Waals surface area contributed by atoms with E-state index in [2.05, 4.69) is 51.2 Å². The second kappa shape index (κ2) is 8.15. The lowest BCUT2D eigenvalue weighted by atomic mass is 10.0. The summed E-state index contributed by atoms with van der Waals surface area (Å²) in [6.07, 6.45) is 2.46. The number of hydrogen-bond donors (Lipinski definition) is 1. The van der Waals surface area contributed by atoms with Crippen LogP contribution in [0, 0.1) is 0 Å². The molecular formula is C16H27NO. The maximum Gasteiger partial charge on any atom is 0.123 e. The molecule has 0 aliphatic rings. The van der Waals surface area contributed by atoms with Gasteiger partial charge >= 0.3 is 0 Å². The minimum absolute atomic E-state index is 0.261. The topological polar surface area (TPSA) is 21.3 Å². The van der Waals surface area contributed by atoms with Crippen LogP contribution < -0.4 is 10.1 Å². The van der Waals surface area contributed by atoms with Crippen molar-refractivity contribution in [3.05, 3.63) is 29.8 Å². The Kier molecular flexibility index (Phi) is 6.81. The summed E-state index contributed by atoms with van der Waals surface area (Å²) in [6, 6.07) is 8.37. The fourth-order valence-electron chi connectivity index (χ4n) is 1.95. The van der Waals surface area contributed by atoms with Crippen molar-refractivity contribution < 1.29 is 4.74 Å². The van der Waals surface area contributed by atoms with E-state index in [4.69, 9.17) is 4.74 Å². The summed E-state index contributed by atoms with van der Waals surface area (Å²) in [6.45, 7) is 10.8. The third-order valence-corrected chi connectivity index (χ3v) is 3.09. The molecule has 2 nitrogen and oxygen atoms in total. The molecule has 18 heavy (non-hydrogen) atoms. The van der Waals surface area contributed by atoms with Gasteiger partial charge in [-0.25, -0.2) is 0 Å². The third-order valence-electron chi connectivity index (χ3n) is 3.09.